The summed E-state index contributed by atoms with van der Waals surface area (Å²) in [6, 6.07) is 15.1. The maximum atomic E-state index is 13.0. The van der Waals surface area contributed by atoms with Crippen LogP contribution in [0.25, 0.3) is 10.8 Å². The van der Waals surface area contributed by atoms with Gasteiger partial charge in [0.2, 0.25) is 0 Å². The summed E-state index contributed by atoms with van der Waals surface area (Å²) in [7, 11) is -2.33. The van der Waals surface area contributed by atoms with Crippen molar-refractivity contribution in [3.63, 3.8) is 0 Å². The number of ether oxygens (including phenoxy) is 1. The predicted octanol–water partition coefficient (Wildman–Crippen LogP) is 3.63. The van der Waals surface area contributed by atoms with Gasteiger partial charge >= 0.3 is 0 Å². The van der Waals surface area contributed by atoms with Gasteiger partial charge in [-0.25, -0.2) is 8.42 Å². The van der Waals surface area contributed by atoms with Gasteiger partial charge in [-0.15, -0.1) is 0 Å². The summed E-state index contributed by atoms with van der Waals surface area (Å²) >= 11 is 0. The number of sulfonamides is 1. The molecule has 1 heterocycles. The van der Waals surface area contributed by atoms with Crippen LogP contribution in [0.1, 0.15) is 17.3 Å². The number of rotatable bonds is 5. The second-order valence-corrected chi connectivity index (χ2v) is 7.85. The van der Waals surface area contributed by atoms with Gasteiger partial charge in [-0.3, -0.25) is 9.52 Å². The van der Waals surface area contributed by atoms with Crippen LogP contribution in [0.5, 0.6) is 5.75 Å². The number of nitrogens with zero attached hydrogens (tertiary/aromatic N) is 1. The van der Waals surface area contributed by atoms with Gasteiger partial charge in [0, 0.05) is 28.9 Å². The van der Waals surface area contributed by atoms with Crippen molar-refractivity contribution in [1.29, 1.82) is 0 Å². The number of carbonyl (C=O) groups is 1. The lowest BCUT2D eigenvalue weighted by atomic mass is 10.1. The van der Waals surface area contributed by atoms with Crippen LogP contribution in [0.2, 0.25) is 0 Å². The molecule has 0 fully saturated rings. The largest absolute Gasteiger partial charge is 0.497 e. The Morgan fingerprint density at radius 1 is 1.07 bits per heavy atom. The third kappa shape index (κ3) is 2.71. The molecule has 138 valence electrons. The normalized spacial score (nSPS) is 13.3. The fourth-order valence-electron chi connectivity index (χ4n) is 3.46. The third-order valence-electron chi connectivity index (χ3n) is 4.67. The van der Waals surface area contributed by atoms with E-state index in [9.17, 15) is 13.2 Å². The van der Waals surface area contributed by atoms with Crippen molar-refractivity contribution in [2.24, 2.45) is 0 Å². The molecule has 0 aliphatic carbocycles. The van der Waals surface area contributed by atoms with E-state index in [0.717, 1.165) is 5.69 Å². The third-order valence-corrected chi connectivity index (χ3v) is 6.11. The molecule has 0 spiro atoms. The van der Waals surface area contributed by atoms with Crippen molar-refractivity contribution in [3.8, 4) is 5.75 Å². The molecule has 4 rings (SSSR count). The molecule has 27 heavy (non-hydrogen) atoms. The Balaban J connectivity index is 1.85. The molecular weight excluding hydrogens is 364 g/mol. The first-order valence-electron chi connectivity index (χ1n) is 8.50. The second kappa shape index (κ2) is 6.28. The minimum atomic E-state index is -3.85. The van der Waals surface area contributed by atoms with E-state index in [1.54, 1.807) is 59.5 Å². The number of hydrogen-bond donors (Lipinski definition) is 1. The molecule has 0 radical (unpaired) electrons. The van der Waals surface area contributed by atoms with Crippen LogP contribution >= 0.6 is 0 Å². The van der Waals surface area contributed by atoms with Crippen molar-refractivity contribution < 1.29 is 17.9 Å². The van der Waals surface area contributed by atoms with Gasteiger partial charge in [-0.05, 0) is 37.3 Å². The Morgan fingerprint density at radius 2 is 1.85 bits per heavy atom. The summed E-state index contributed by atoms with van der Waals surface area (Å²) in [6.07, 6.45) is 0. The van der Waals surface area contributed by atoms with E-state index >= 15 is 0 Å². The van der Waals surface area contributed by atoms with Crippen LogP contribution in [-0.2, 0) is 10.0 Å². The number of methoxy groups -OCH3 is 1. The van der Waals surface area contributed by atoms with Crippen LogP contribution in [0.3, 0.4) is 0 Å². The molecule has 3 aromatic rings. The highest BCUT2D eigenvalue weighted by Crippen LogP contribution is 2.40. The molecule has 1 aliphatic heterocycles. The van der Waals surface area contributed by atoms with Crippen molar-refractivity contribution in [2.45, 2.75) is 11.8 Å². The second-order valence-electron chi connectivity index (χ2n) is 6.20. The number of carbonyl (C=O) groups excluding carboxylic acids is 1. The quantitative estimate of drug-likeness (QED) is 0.731. The summed E-state index contributed by atoms with van der Waals surface area (Å²) in [4.78, 5) is 14.4. The smallest absolute Gasteiger partial charge is 0.262 e. The Hall–Kier alpha value is -3.06. The van der Waals surface area contributed by atoms with E-state index in [4.69, 9.17) is 4.74 Å². The van der Waals surface area contributed by atoms with Crippen molar-refractivity contribution in [2.75, 3.05) is 23.3 Å². The first-order chi connectivity index (χ1) is 13.0. The lowest BCUT2D eigenvalue weighted by Crippen LogP contribution is -2.25. The van der Waals surface area contributed by atoms with Gasteiger partial charge in [-0.2, -0.15) is 0 Å². The van der Waals surface area contributed by atoms with Crippen LogP contribution in [-0.4, -0.2) is 28.0 Å². The molecule has 1 amide bonds. The average molecular weight is 382 g/mol. The van der Waals surface area contributed by atoms with Gasteiger partial charge in [0.05, 0.1) is 23.4 Å². The first-order valence-corrected chi connectivity index (χ1v) is 9.99. The van der Waals surface area contributed by atoms with E-state index < -0.39 is 10.0 Å². The number of benzene rings is 3. The van der Waals surface area contributed by atoms with Crippen LogP contribution < -0.4 is 14.4 Å². The fourth-order valence-corrected chi connectivity index (χ4v) is 4.72. The fraction of sp³-hybridized carbons (Fsp3) is 0.150. The SMILES string of the molecule is CCN1C(=O)c2cccc3c(S(=O)(=O)Nc4cccc(OC)c4)ccc1c23. The summed E-state index contributed by atoms with van der Waals surface area (Å²) in [6.45, 7) is 2.42. The highest BCUT2D eigenvalue weighted by Gasteiger charge is 2.31. The van der Waals surface area contributed by atoms with Gasteiger partial charge in [0.1, 0.15) is 5.75 Å². The maximum absolute atomic E-state index is 13.0. The van der Waals surface area contributed by atoms with Crippen molar-refractivity contribution >= 4 is 38.1 Å². The van der Waals surface area contributed by atoms with E-state index in [2.05, 4.69) is 4.72 Å². The highest BCUT2D eigenvalue weighted by atomic mass is 32.2. The molecule has 3 aromatic carbocycles. The lowest BCUT2D eigenvalue weighted by molar-refractivity contribution is 0.0994. The van der Waals surface area contributed by atoms with Crippen molar-refractivity contribution in [1.82, 2.24) is 0 Å². The molecule has 0 unspecified atom stereocenters. The summed E-state index contributed by atoms with van der Waals surface area (Å²) in [5.74, 6) is 0.452. The number of hydrogen-bond acceptors (Lipinski definition) is 4. The molecule has 0 saturated carbocycles. The van der Waals surface area contributed by atoms with Gasteiger partial charge in [0.15, 0.2) is 0 Å². The van der Waals surface area contributed by atoms with Gasteiger partial charge in [0.25, 0.3) is 15.9 Å². The molecule has 1 N–H and O–H groups in total. The minimum absolute atomic E-state index is 0.103. The predicted molar refractivity (Wildman–Crippen MR) is 105 cm³/mol. The molecule has 7 heteroatoms. The number of anilines is 2. The number of nitrogens with one attached hydrogen (secondary N) is 1. The zero-order valence-corrected chi connectivity index (χ0v) is 15.7. The zero-order chi connectivity index (χ0) is 19.2. The van der Waals surface area contributed by atoms with Crippen LogP contribution in [0, 0.1) is 0 Å². The van der Waals surface area contributed by atoms with E-state index in [0.29, 0.717) is 34.3 Å². The molecule has 1 aliphatic rings. The molecule has 0 atom stereocenters. The Labute approximate surface area is 157 Å². The highest BCUT2D eigenvalue weighted by molar-refractivity contribution is 7.93. The molecule has 0 aromatic heterocycles. The average Bonchev–Trinajstić information content (AvgIpc) is 2.95. The van der Waals surface area contributed by atoms with E-state index in [1.165, 1.54) is 7.11 Å². The first kappa shape index (κ1) is 17.4. The zero-order valence-electron chi connectivity index (χ0n) is 14.9. The Bertz CT molecular complexity index is 1170. The summed E-state index contributed by atoms with van der Waals surface area (Å²) in [5, 5.41) is 1.21. The van der Waals surface area contributed by atoms with Gasteiger partial charge < -0.3 is 9.64 Å². The summed E-state index contributed by atoms with van der Waals surface area (Å²) < 4.78 is 33.8. The topological polar surface area (TPSA) is 75.7 Å². The monoisotopic (exact) mass is 382 g/mol. The molecular formula is C20H18N2O4S. The number of amides is 1. The summed E-state index contributed by atoms with van der Waals surface area (Å²) in [5.41, 5.74) is 1.68. The lowest BCUT2D eigenvalue weighted by Gasteiger charge is -2.16. The van der Waals surface area contributed by atoms with Crippen molar-refractivity contribution in [3.05, 3.63) is 60.2 Å². The Morgan fingerprint density at radius 3 is 2.59 bits per heavy atom. The maximum Gasteiger partial charge on any atom is 0.262 e. The van der Waals surface area contributed by atoms with Gasteiger partial charge in [-0.1, -0.05) is 18.2 Å². The van der Waals surface area contributed by atoms with Crippen LogP contribution in [0.15, 0.2) is 59.5 Å². The molecule has 0 saturated heterocycles. The minimum Gasteiger partial charge on any atom is -0.497 e. The van der Waals surface area contributed by atoms with E-state index in [1.807, 2.05) is 6.92 Å². The van der Waals surface area contributed by atoms with Crippen LogP contribution in [0.4, 0.5) is 11.4 Å². The molecule has 6 nitrogen and oxygen atoms in total. The standard InChI is InChI=1S/C20H18N2O4S/c1-3-22-17-10-11-18(15-8-5-9-16(19(15)17)20(22)23)27(24,25)21-13-6-4-7-14(12-13)26-2/h4-12,21H,3H2,1-2H3. The Kier molecular flexibility index (Phi) is 4.04. The van der Waals surface area contributed by atoms with E-state index in [-0.39, 0.29) is 10.8 Å². The molecule has 0 bridgehead atoms.